The van der Waals surface area contributed by atoms with Crippen molar-refractivity contribution in [2.24, 2.45) is 0 Å². The first-order chi connectivity index (χ1) is 8.43. The van der Waals surface area contributed by atoms with Crippen LogP contribution in [0.4, 0.5) is 0 Å². The van der Waals surface area contributed by atoms with Gasteiger partial charge in [0.15, 0.2) is 0 Å². The van der Waals surface area contributed by atoms with Crippen LogP contribution in [-0.4, -0.2) is 30.3 Å². The number of pyridine rings is 1. The minimum atomic E-state index is -3.47. The van der Waals surface area contributed by atoms with Gasteiger partial charge in [0.1, 0.15) is 10.0 Å². The molecule has 1 aromatic heterocycles. The first-order valence-corrected chi connectivity index (χ1v) is 8.37. The summed E-state index contributed by atoms with van der Waals surface area (Å²) in [7, 11) is -3.47. The van der Waals surface area contributed by atoms with Crippen molar-refractivity contribution in [3.8, 4) is 0 Å². The highest BCUT2D eigenvalue weighted by molar-refractivity contribution is 9.10. The minimum absolute atomic E-state index is 0.0400. The molecule has 100 valence electrons. The molecular weight excluding hydrogens is 340 g/mol. The third-order valence-electron chi connectivity index (χ3n) is 3.12. The van der Waals surface area contributed by atoms with Crippen LogP contribution in [0.3, 0.4) is 0 Å². The number of rotatable bonds is 2. The zero-order valence-corrected chi connectivity index (χ0v) is 13.1. The molecule has 4 nitrogen and oxygen atoms in total. The number of halogens is 2. The Morgan fingerprint density at radius 3 is 2.83 bits per heavy atom. The first kappa shape index (κ1) is 14.2. The molecule has 0 spiro atoms. The van der Waals surface area contributed by atoms with E-state index in [0.29, 0.717) is 11.0 Å². The van der Waals surface area contributed by atoms with Crippen LogP contribution in [0.15, 0.2) is 21.6 Å². The Kier molecular flexibility index (Phi) is 4.31. The molecule has 7 heteroatoms. The SMILES string of the molecule is C[C@H]1CCCCN1S(=O)(=O)c1cnc(Cl)c(Br)c1. The van der Waals surface area contributed by atoms with Gasteiger partial charge in [-0.3, -0.25) is 0 Å². The molecule has 0 aromatic carbocycles. The van der Waals surface area contributed by atoms with Gasteiger partial charge in [-0.25, -0.2) is 13.4 Å². The third-order valence-corrected chi connectivity index (χ3v) is 6.23. The van der Waals surface area contributed by atoms with Crippen LogP contribution in [0, 0.1) is 0 Å². The van der Waals surface area contributed by atoms with Gasteiger partial charge in [0.25, 0.3) is 0 Å². The second-order valence-corrected chi connectivity index (χ2v) is 7.51. The molecule has 18 heavy (non-hydrogen) atoms. The fourth-order valence-corrected chi connectivity index (χ4v) is 4.38. The van der Waals surface area contributed by atoms with Crippen molar-refractivity contribution in [2.75, 3.05) is 6.54 Å². The molecule has 0 unspecified atom stereocenters. The maximum atomic E-state index is 12.5. The second-order valence-electron chi connectivity index (χ2n) is 4.40. The van der Waals surface area contributed by atoms with Gasteiger partial charge < -0.3 is 0 Å². The zero-order valence-electron chi connectivity index (χ0n) is 9.94. The summed E-state index contributed by atoms with van der Waals surface area (Å²) < 4.78 is 27.0. The summed E-state index contributed by atoms with van der Waals surface area (Å²) >= 11 is 8.98. The van der Waals surface area contributed by atoms with E-state index < -0.39 is 10.0 Å². The second kappa shape index (κ2) is 5.45. The first-order valence-electron chi connectivity index (χ1n) is 5.76. The van der Waals surface area contributed by atoms with Crippen LogP contribution in [0.2, 0.25) is 5.15 Å². The van der Waals surface area contributed by atoms with Crippen molar-refractivity contribution in [2.45, 2.75) is 37.1 Å². The van der Waals surface area contributed by atoms with Gasteiger partial charge in [-0.05, 0) is 41.8 Å². The molecule has 0 saturated carbocycles. The average molecular weight is 354 g/mol. The van der Waals surface area contributed by atoms with Gasteiger partial charge in [0.2, 0.25) is 10.0 Å². The molecule has 2 heterocycles. The van der Waals surface area contributed by atoms with Gasteiger partial charge in [0.05, 0.1) is 4.47 Å². The molecule has 1 aliphatic rings. The minimum Gasteiger partial charge on any atom is -0.242 e. The number of aromatic nitrogens is 1. The van der Waals surface area contributed by atoms with Crippen LogP contribution < -0.4 is 0 Å². The van der Waals surface area contributed by atoms with Crippen molar-refractivity contribution >= 4 is 37.6 Å². The average Bonchev–Trinajstić information content (AvgIpc) is 2.33. The predicted octanol–water partition coefficient (Wildman–Crippen LogP) is 3.06. The van der Waals surface area contributed by atoms with Crippen LogP contribution in [0.25, 0.3) is 0 Å². The Hall–Kier alpha value is -0.170. The highest BCUT2D eigenvalue weighted by atomic mass is 79.9. The summed E-state index contributed by atoms with van der Waals surface area (Å²) in [5, 5.41) is 0.264. The van der Waals surface area contributed by atoms with Crippen molar-refractivity contribution in [3.05, 3.63) is 21.9 Å². The standard InChI is InChI=1S/C11H14BrClN2O2S/c1-8-4-2-3-5-15(8)18(16,17)9-6-10(12)11(13)14-7-9/h6-8H,2-5H2,1H3/t8-/m0/s1. The van der Waals surface area contributed by atoms with Crippen molar-refractivity contribution in [3.63, 3.8) is 0 Å². The lowest BCUT2D eigenvalue weighted by Gasteiger charge is -2.32. The van der Waals surface area contributed by atoms with E-state index in [0.717, 1.165) is 19.3 Å². The van der Waals surface area contributed by atoms with Gasteiger partial charge in [-0.2, -0.15) is 4.31 Å². The van der Waals surface area contributed by atoms with E-state index in [2.05, 4.69) is 20.9 Å². The normalized spacial score (nSPS) is 22.1. The summed E-state index contributed by atoms with van der Waals surface area (Å²) in [6.07, 6.45) is 4.20. The van der Waals surface area contributed by atoms with Crippen LogP contribution >= 0.6 is 27.5 Å². The number of hydrogen-bond donors (Lipinski definition) is 0. The maximum Gasteiger partial charge on any atom is 0.244 e. The number of piperidine rings is 1. The number of hydrogen-bond acceptors (Lipinski definition) is 3. The molecule has 2 rings (SSSR count). The van der Waals surface area contributed by atoms with Gasteiger partial charge >= 0.3 is 0 Å². The molecule has 1 atom stereocenters. The fraction of sp³-hybridized carbons (Fsp3) is 0.545. The lowest BCUT2D eigenvalue weighted by atomic mass is 10.1. The molecule has 0 amide bonds. The Morgan fingerprint density at radius 1 is 1.50 bits per heavy atom. The number of sulfonamides is 1. The van der Waals surface area contributed by atoms with E-state index >= 15 is 0 Å². The maximum absolute atomic E-state index is 12.5. The summed E-state index contributed by atoms with van der Waals surface area (Å²) in [4.78, 5) is 4.07. The monoisotopic (exact) mass is 352 g/mol. The smallest absolute Gasteiger partial charge is 0.242 e. The molecule has 0 aliphatic carbocycles. The molecule has 1 fully saturated rings. The van der Waals surface area contributed by atoms with Gasteiger partial charge in [-0.1, -0.05) is 18.0 Å². The van der Waals surface area contributed by atoms with Crippen molar-refractivity contribution in [1.29, 1.82) is 0 Å². The molecule has 1 saturated heterocycles. The van der Waals surface area contributed by atoms with Crippen LogP contribution in [0.1, 0.15) is 26.2 Å². The predicted molar refractivity (Wildman–Crippen MR) is 74.2 cm³/mol. The van der Waals surface area contributed by atoms with E-state index in [9.17, 15) is 8.42 Å². The van der Waals surface area contributed by atoms with Gasteiger partial charge in [0, 0.05) is 18.8 Å². The van der Waals surface area contributed by atoms with Crippen LogP contribution in [-0.2, 0) is 10.0 Å². The molecule has 1 aliphatic heterocycles. The molecule has 0 N–H and O–H groups in total. The topological polar surface area (TPSA) is 50.3 Å². The molecular formula is C11H14BrClN2O2S. The lowest BCUT2D eigenvalue weighted by molar-refractivity contribution is 0.268. The molecule has 0 bridgehead atoms. The third kappa shape index (κ3) is 2.71. The Balaban J connectivity index is 2.37. The Labute approximate surface area is 121 Å². The highest BCUT2D eigenvalue weighted by Gasteiger charge is 2.31. The molecule has 0 radical (unpaired) electrons. The Bertz CT molecular complexity index is 550. The van der Waals surface area contributed by atoms with Gasteiger partial charge in [-0.15, -0.1) is 0 Å². The van der Waals surface area contributed by atoms with Crippen molar-refractivity contribution < 1.29 is 8.42 Å². The van der Waals surface area contributed by atoms with E-state index in [1.54, 1.807) is 4.31 Å². The fourth-order valence-electron chi connectivity index (χ4n) is 2.11. The zero-order chi connectivity index (χ0) is 13.3. The van der Waals surface area contributed by atoms with Crippen LogP contribution in [0.5, 0.6) is 0 Å². The van der Waals surface area contributed by atoms with Crippen molar-refractivity contribution in [1.82, 2.24) is 9.29 Å². The van der Waals surface area contributed by atoms with E-state index in [-0.39, 0.29) is 16.1 Å². The molecule has 1 aromatic rings. The largest absolute Gasteiger partial charge is 0.244 e. The van der Waals surface area contributed by atoms with E-state index in [4.69, 9.17) is 11.6 Å². The lowest BCUT2D eigenvalue weighted by Crippen LogP contribution is -2.41. The number of nitrogens with zero attached hydrogens (tertiary/aromatic N) is 2. The Morgan fingerprint density at radius 2 is 2.22 bits per heavy atom. The summed E-state index contributed by atoms with van der Waals surface area (Å²) in [5.74, 6) is 0. The summed E-state index contributed by atoms with van der Waals surface area (Å²) in [6.45, 7) is 2.51. The quantitative estimate of drug-likeness (QED) is 0.768. The summed E-state index contributed by atoms with van der Waals surface area (Å²) in [6, 6.07) is 1.55. The highest BCUT2D eigenvalue weighted by Crippen LogP contribution is 2.28. The summed E-state index contributed by atoms with van der Waals surface area (Å²) in [5.41, 5.74) is 0. The van der Waals surface area contributed by atoms with E-state index in [1.165, 1.54) is 12.3 Å². The van der Waals surface area contributed by atoms with E-state index in [1.807, 2.05) is 6.92 Å².